The number of rotatable bonds is 7. The molecule has 6 heteroatoms. The molecule has 4 nitrogen and oxygen atoms in total. The van der Waals surface area contributed by atoms with E-state index in [0.717, 1.165) is 18.4 Å². The zero-order chi connectivity index (χ0) is 18.1. The molecule has 1 aliphatic carbocycles. The molecule has 0 aliphatic heterocycles. The number of hydrogen-bond donors (Lipinski definition) is 1. The maximum absolute atomic E-state index is 12.6. The molecule has 0 bridgehead atoms. The third-order valence-corrected chi connectivity index (χ3v) is 6.09. The molecule has 1 aliphatic rings. The Hall–Kier alpha value is -1.56. The molecule has 1 fully saturated rings. The van der Waals surface area contributed by atoms with E-state index in [0.29, 0.717) is 17.3 Å². The molecule has 1 saturated carbocycles. The van der Waals surface area contributed by atoms with Gasteiger partial charge in [-0.1, -0.05) is 23.7 Å². The molecule has 0 aromatic heterocycles. The van der Waals surface area contributed by atoms with E-state index in [2.05, 4.69) is 4.72 Å². The van der Waals surface area contributed by atoms with Gasteiger partial charge in [0.2, 0.25) is 10.0 Å². The van der Waals surface area contributed by atoms with Crippen LogP contribution in [0.4, 0.5) is 0 Å². The van der Waals surface area contributed by atoms with E-state index >= 15 is 0 Å². The van der Waals surface area contributed by atoms with E-state index < -0.39 is 10.0 Å². The quantitative estimate of drug-likeness (QED) is 0.786. The molecular weight excluding hydrogens is 358 g/mol. The van der Waals surface area contributed by atoms with Crippen LogP contribution in [0, 0.1) is 0 Å². The van der Waals surface area contributed by atoms with Crippen molar-refractivity contribution >= 4 is 21.6 Å². The van der Waals surface area contributed by atoms with Gasteiger partial charge in [-0.2, -0.15) is 0 Å². The summed E-state index contributed by atoms with van der Waals surface area (Å²) < 4.78 is 33.4. The van der Waals surface area contributed by atoms with Crippen LogP contribution < -0.4 is 9.46 Å². The molecular formula is C19H22ClNO3S. The minimum absolute atomic E-state index is 0.0506. The second kappa shape index (κ2) is 6.98. The summed E-state index contributed by atoms with van der Waals surface area (Å²) in [6.45, 7) is 4.25. The van der Waals surface area contributed by atoms with Crippen molar-refractivity contribution in [3.63, 3.8) is 0 Å². The van der Waals surface area contributed by atoms with Crippen LogP contribution in [0.15, 0.2) is 53.4 Å². The smallest absolute Gasteiger partial charge is 0.240 e. The van der Waals surface area contributed by atoms with Crippen molar-refractivity contribution in [1.82, 2.24) is 4.72 Å². The number of hydrogen-bond acceptors (Lipinski definition) is 3. The van der Waals surface area contributed by atoms with Crippen molar-refractivity contribution in [1.29, 1.82) is 0 Å². The molecule has 0 saturated heterocycles. The van der Waals surface area contributed by atoms with Gasteiger partial charge in [0, 0.05) is 17.0 Å². The van der Waals surface area contributed by atoms with E-state index in [9.17, 15) is 8.42 Å². The first-order valence-corrected chi connectivity index (χ1v) is 10.2. The van der Waals surface area contributed by atoms with Crippen molar-refractivity contribution in [3.8, 4) is 5.75 Å². The van der Waals surface area contributed by atoms with Crippen LogP contribution in [0.3, 0.4) is 0 Å². The Balaban J connectivity index is 1.68. The fraction of sp³-hybridized carbons (Fsp3) is 0.368. The number of ether oxygens (including phenoxy) is 1. The summed E-state index contributed by atoms with van der Waals surface area (Å²) in [5.41, 5.74) is 1.01. The van der Waals surface area contributed by atoms with Crippen LogP contribution >= 0.6 is 11.6 Å². The Morgan fingerprint density at radius 3 is 2.20 bits per heavy atom. The number of nitrogens with one attached hydrogen (secondary N) is 1. The monoisotopic (exact) mass is 379 g/mol. The Bertz CT molecular complexity index is 826. The standard InChI is InChI=1S/C19H22ClNO3S/c1-14(2)24-17-7-9-18(10-8-17)25(22,23)21-13-19(11-12-19)15-3-5-16(20)6-4-15/h3-10,14,21H,11-13H2,1-2H3. The molecule has 0 amide bonds. The summed E-state index contributed by atoms with van der Waals surface area (Å²) >= 11 is 5.93. The predicted molar refractivity (Wildman–Crippen MR) is 99.8 cm³/mol. The first kappa shape index (κ1) is 18.2. The lowest BCUT2D eigenvalue weighted by Crippen LogP contribution is -2.32. The van der Waals surface area contributed by atoms with Gasteiger partial charge in [-0.15, -0.1) is 0 Å². The Morgan fingerprint density at radius 1 is 1.08 bits per heavy atom. The highest BCUT2D eigenvalue weighted by Crippen LogP contribution is 2.48. The number of sulfonamides is 1. The topological polar surface area (TPSA) is 55.4 Å². The van der Waals surface area contributed by atoms with E-state index in [1.165, 1.54) is 0 Å². The molecule has 0 spiro atoms. The Morgan fingerprint density at radius 2 is 1.68 bits per heavy atom. The normalized spacial score (nSPS) is 16.0. The highest BCUT2D eigenvalue weighted by atomic mass is 35.5. The average Bonchev–Trinajstić information content (AvgIpc) is 3.35. The summed E-state index contributed by atoms with van der Waals surface area (Å²) in [6.07, 6.45) is 1.99. The zero-order valence-electron chi connectivity index (χ0n) is 14.3. The van der Waals surface area contributed by atoms with Crippen molar-refractivity contribution < 1.29 is 13.2 Å². The fourth-order valence-corrected chi connectivity index (χ4v) is 4.06. The number of benzene rings is 2. The second-order valence-corrected chi connectivity index (χ2v) is 8.95. The van der Waals surface area contributed by atoms with Gasteiger partial charge in [-0.3, -0.25) is 0 Å². The third kappa shape index (κ3) is 4.35. The van der Waals surface area contributed by atoms with E-state index in [1.54, 1.807) is 24.3 Å². The van der Waals surface area contributed by atoms with Gasteiger partial charge in [-0.25, -0.2) is 13.1 Å². The first-order valence-electron chi connectivity index (χ1n) is 8.33. The molecule has 134 valence electrons. The number of halogens is 1. The maximum atomic E-state index is 12.6. The largest absolute Gasteiger partial charge is 0.491 e. The summed E-state index contributed by atoms with van der Waals surface area (Å²) in [4.78, 5) is 0.246. The Kier molecular flexibility index (Phi) is 5.09. The average molecular weight is 380 g/mol. The summed E-state index contributed by atoms with van der Waals surface area (Å²) in [5, 5.41) is 0.684. The molecule has 3 rings (SSSR count). The minimum Gasteiger partial charge on any atom is -0.491 e. The van der Waals surface area contributed by atoms with Gasteiger partial charge in [0.25, 0.3) is 0 Å². The van der Waals surface area contributed by atoms with Crippen LogP contribution in [0.5, 0.6) is 5.75 Å². The molecule has 0 atom stereocenters. The van der Waals surface area contributed by atoms with Crippen molar-refractivity contribution in [3.05, 3.63) is 59.1 Å². The third-order valence-electron chi connectivity index (χ3n) is 4.42. The fourth-order valence-electron chi connectivity index (χ4n) is 2.81. The Labute approximate surface area is 154 Å². The lowest BCUT2D eigenvalue weighted by atomic mass is 9.96. The van der Waals surface area contributed by atoms with Gasteiger partial charge < -0.3 is 4.74 Å². The highest BCUT2D eigenvalue weighted by molar-refractivity contribution is 7.89. The van der Waals surface area contributed by atoms with Crippen LogP contribution in [0.2, 0.25) is 5.02 Å². The van der Waals surface area contributed by atoms with Crippen molar-refractivity contribution in [2.45, 2.75) is 43.1 Å². The summed E-state index contributed by atoms with van der Waals surface area (Å²) in [7, 11) is -3.55. The minimum atomic E-state index is -3.55. The maximum Gasteiger partial charge on any atom is 0.240 e. The summed E-state index contributed by atoms with van der Waals surface area (Å²) in [5.74, 6) is 0.661. The van der Waals surface area contributed by atoms with Gasteiger partial charge in [0.15, 0.2) is 0 Å². The van der Waals surface area contributed by atoms with Crippen molar-refractivity contribution in [2.24, 2.45) is 0 Å². The van der Waals surface area contributed by atoms with Crippen LogP contribution in [-0.2, 0) is 15.4 Å². The zero-order valence-corrected chi connectivity index (χ0v) is 15.9. The molecule has 25 heavy (non-hydrogen) atoms. The van der Waals surface area contributed by atoms with Crippen LogP contribution in [0.25, 0.3) is 0 Å². The lowest BCUT2D eigenvalue weighted by molar-refractivity contribution is 0.242. The lowest BCUT2D eigenvalue weighted by Gasteiger charge is -2.17. The SMILES string of the molecule is CC(C)Oc1ccc(S(=O)(=O)NCC2(c3ccc(Cl)cc3)CC2)cc1. The highest BCUT2D eigenvalue weighted by Gasteiger charge is 2.44. The van der Waals surface area contributed by atoms with Crippen molar-refractivity contribution in [2.75, 3.05) is 6.54 Å². The first-order chi connectivity index (χ1) is 11.8. The van der Waals surface area contributed by atoms with Gasteiger partial charge in [0.1, 0.15) is 5.75 Å². The second-order valence-electron chi connectivity index (χ2n) is 6.75. The van der Waals surface area contributed by atoms with Gasteiger partial charge in [0.05, 0.1) is 11.0 Å². The van der Waals surface area contributed by atoms with E-state index in [1.807, 2.05) is 38.1 Å². The van der Waals surface area contributed by atoms with Crippen LogP contribution in [0.1, 0.15) is 32.3 Å². The molecule has 1 N–H and O–H groups in total. The van der Waals surface area contributed by atoms with Gasteiger partial charge >= 0.3 is 0 Å². The van der Waals surface area contributed by atoms with Gasteiger partial charge in [-0.05, 0) is 68.7 Å². The molecule has 2 aromatic carbocycles. The molecule has 0 radical (unpaired) electrons. The molecule has 2 aromatic rings. The van der Waals surface area contributed by atoms with Crippen LogP contribution in [-0.4, -0.2) is 21.1 Å². The molecule has 0 heterocycles. The predicted octanol–water partition coefficient (Wildman–Crippen LogP) is 4.14. The summed E-state index contributed by atoms with van der Waals surface area (Å²) in [6, 6.07) is 14.1. The van der Waals surface area contributed by atoms with E-state index in [4.69, 9.17) is 16.3 Å². The van der Waals surface area contributed by atoms with E-state index in [-0.39, 0.29) is 16.4 Å². The molecule has 0 unspecified atom stereocenters.